The van der Waals surface area contributed by atoms with E-state index in [1.54, 1.807) is 22.1 Å². The number of aromatic nitrogens is 3. The van der Waals surface area contributed by atoms with Crippen LogP contribution < -0.4 is 0 Å². The summed E-state index contributed by atoms with van der Waals surface area (Å²) in [6.07, 6.45) is 2.74. The summed E-state index contributed by atoms with van der Waals surface area (Å²) in [5.74, 6) is 0.621. The van der Waals surface area contributed by atoms with Crippen LogP contribution in [0.5, 0.6) is 0 Å². The molecule has 2 rings (SSSR count). The number of rotatable bonds is 2. The molecule has 0 aromatic carbocycles. The van der Waals surface area contributed by atoms with Crippen LogP contribution in [0.4, 0.5) is 0 Å². The quantitative estimate of drug-likeness (QED) is 0.890. The molecule has 0 aliphatic rings. The van der Waals surface area contributed by atoms with Crippen molar-refractivity contribution >= 4 is 11.3 Å². The SMILES string of the molecule is Cn1ccnc1C(O)c1csc(C(C)(C)C)n1. The average molecular weight is 251 g/mol. The fraction of sp³-hybridized carbons (Fsp3) is 0.500. The lowest BCUT2D eigenvalue weighted by Gasteiger charge is -2.14. The third-order valence-electron chi connectivity index (χ3n) is 2.55. The Morgan fingerprint density at radius 1 is 1.41 bits per heavy atom. The van der Waals surface area contributed by atoms with Crippen molar-refractivity contribution in [3.8, 4) is 0 Å². The van der Waals surface area contributed by atoms with Crippen LogP contribution in [0.25, 0.3) is 0 Å². The Bertz CT molecular complexity index is 510. The fourth-order valence-electron chi connectivity index (χ4n) is 1.53. The molecule has 0 amide bonds. The molecule has 2 heterocycles. The summed E-state index contributed by atoms with van der Waals surface area (Å²) in [6.45, 7) is 6.34. The molecule has 17 heavy (non-hydrogen) atoms. The standard InChI is InChI=1S/C12H17N3OS/c1-12(2,3)11-14-8(7-17-11)9(16)10-13-5-6-15(10)4/h5-7,9,16H,1-4H3. The zero-order valence-electron chi connectivity index (χ0n) is 10.5. The second kappa shape index (κ2) is 4.23. The van der Waals surface area contributed by atoms with Gasteiger partial charge in [-0.2, -0.15) is 0 Å². The Kier molecular flexibility index (Phi) is 3.05. The van der Waals surface area contributed by atoms with Gasteiger partial charge < -0.3 is 9.67 Å². The molecule has 0 aliphatic carbocycles. The summed E-state index contributed by atoms with van der Waals surface area (Å²) in [5, 5.41) is 13.1. The van der Waals surface area contributed by atoms with Gasteiger partial charge in [0.05, 0.1) is 10.7 Å². The Hall–Kier alpha value is -1.20. The maximum absolute atomic E-state index is 10.2. The van der Waals surface area contributed by atoms with Crippen molar-refractivity contribution in [1.29, 1.82) is 0 Å². The van der Waals surface area contributed by atoms with Crippen LogP contribution in [-0.2, 0) is 12.5 Å². The highest BCUT2D eigenvalue weighted by molar-refractivity contribution is 7.09. The molecule has 0 bridgehead atoms. The van der Waals surface area contributed by atoms with Crippen LogP contribution in [0.15, 0.2) is 17.8 Å². The van der Waals surface area contributed by atoms with Crippen LogP contribution in [0.3, 0.4) is 0 Å². The van der Waals surface area contributed by atoms with E-state index < -0.39 is 6.10 Å². The van der Waals surface area contributed by atoms with Crippen LogP contribution >= 0.6 is 11.3 Å². The molecule has 2 aromatic heterocycles. The highest BCUT2D eigenvalue weighted by atomic mass is 32.1. The van der Waals surface area contributed by atoms with Crippen molar-refractivity contribution in [2.24, 2.45) is 7.05 Å². The van der Waals surface area contributed by atoms with Gasteiger partial charge >= 0.3 is 0 Å². The van der Waals surface area contributed by atoms with Gasteiger partial charge in [-0.15, -0.1) is 11.3 Å². The number of aryl methyl sites for hydroxylation is 1. The van der Waals surface area contributed by atoms with Crippen molar-refractivity contribution in [2.75, 3.05) is 0 Å². The Balaban J connectivity index is 2.30. The van der Waals surface area contributed by atoms with Gasteiger partial charge in [0.2, 0.25) is 0 Å². The Morgan fingerprint density at radius 2 is 2.12 bits per heavy atom. The normalized spacial score (nSPS) is 13.9. The predicted octanol–water partition coefficient (Wildman–Crippen LogP) is 2.26. The van der Waals surface area contributed by atoms with E-state index in [1.165, 1.54) is 0 Å². The fourth-order valence-corrected chi connectivity index (χ4v) is 2.45. The largest absolute Gasteiger partial charge is 0.379 e. The number of imidazole rings is 1. The zero-order chi connectivity index (χ0) is 12.6. The minimum absolute atomic E-state index is 0.0181. The molecule has 5 heteroatoms. The lowest BCUT2D eigenvalue weighted by Crippen LogP contribution is -2.12. The molecule has 0 saturated heterocycles. The third-order valence-corrected chi connectivity index (χ3v) is 3.83. The van der Waals surface area contributed by atoms with Gasteiger partial charge in [0, 0.05) is 30.2 Å². The summed E-state index contributed by atoms with van der Waals surface area (Å²) in [7, 11) is 1.86. The molecule has 92 valence electrons. The van der Waals surface area contributed by atoms with Crippen LogP contribution in [0, 0.1) is 0 Å². The van der Waals surface area contributed by atoms with Gasteiger partial charge in [0.15, 0.2) is 6.10 Å². The first kappa shape index (κ1) is 12.3. The highest BCUT2D eigenvalue weighted by Gasteiger charge is 2.22. The van der Waals surface area contributed by atoms with Gasteiger partial charge in [-0.25, -0.2) is 9.97 Å². The van der Waals surface area contributed by atoms with E-state index in [4.69, 9.17) is 0 Å². The van der Waals surface area contributed by atoms with Gasteiger partial charge in [-0.05, 0) is 0 Å². The summed E-state index contributed by atoms with van der Waals surface area (Å²) in [5.41, 5.74) is 0.693. The number of nitrogens with zero attached hydrogens (tertiary/aromatic N) is 3. The first-order valence-corrected chi connectivity index (χ1v) is 6.39. The minimum Gasteiger partial charge on any atom is -0.379 e. The summed E-state index contributed by atoms with van der Waals surface area (Å²) >= 11 is 1.58. The Labute approximate surface area is 105 Å². The predicted molar refractivity (Wildman–Crippen MR) is 68.1 cm³/mol. The first-order chi connectivity index (χ1) is 7.89. The van der Waals surface area contributed by atoms with E-state index in [-0.39, 0.29) is 5.41 Å². The van der Waals surface area contributed by atoms with Crippen LogP contribution in [0.2, 0.25) is 0 Å². The van der Waals surface area contributed by atoms with Crippen molar-refractivity contribution in [2.45, 2.75) is 32.3 Å². The van der Waals surface area contributed by atoms with E-state index in [0.717, 1.165) is 5.01 Å². The van der Waals surface area contributed by atoms with Crippen LogP contribution in [0.1, 0.15) is 43.4 Å². The maximum Gasteiger partial charge on any atom is 0.154 e. The van der Waals surface area contributed by atoms with E-state index in [9.17, 15) is 5.11 Å². The number of thiazole rings is 1. The molecule has 1 atom stereocenters. The summed E-state index contributed by atoms with van der Waals surface area (Å²) in [4.78, 5) is 8.63. The lowest BCUT2D eigenvalue weighted by atomic mass is 9.98. The third kappa shape index (κ3) is 2.40. The average Bonchev–Trinajstić information content (AvgIpc) is 2.83. The first-order valence-electron chi connectivity index (χ1n) is 5.51. The van der Waals surface area contributed by atoms with E-state index in [1.807, 2.05) is 18.6 Å². The van der Waals surface area contributed by atoms with Crippen molar-refractivity contribution in [3.63, 3.8) is 0 Å². The van der Waals surface area contributed by atoms with E-state index >= 15 is 0 Å². The topological polar surface area (TPSA) is 50.9 Å². The molecule has 4 nitrogen and oxygen atoms in total. The highest BCUT2D eigenvalue weighted by Crippen LogP contribution is 2.29. The van der Waals surface area contributed by atoms with Gasteiger partial charge in [0.25, 0.3) is 0 Å². The molecular weight excluding hydrogens is 234 g/mol. The number of hydrogen-bond donors (Lipinski definition) is 1. The molecule has 0 radical (unpaired) electrons. The molecule has 0 fully saturated rings. The second-order valence-electron chi connectivity index (χ2n) is 5.13. The monoisotopic (exact) mass is 251 g/mol. The summed E-state index contributed by atoms with van der Waals surface area (Å²) in [6, 6.07) is 0. The van der Waals surface area contributed by atoms with Gasteiger partial charge in [-0.1, -0.05) is 20.8 Å². The number of aliphatic hydroxyl groups excluding tert-OH is 1. The zero-order valence-corrected chi connectivity index (χ0v) is 11.3. The number of aliphatic hydroxyl groups is 1. The van der Waals surface area contributed by atoms with Gasteiger partial charge in [0.1, 0.15) is 5.82 Å². The second-order valence-corrected chi connectivity index (χ2v) is 5.98. The molecule has 1 unspecified atom stereocenters. The van der Waals surface area contributed by atoms with E-state index in [0.29, 0.717) is 11.5 Å². The molecule has 0 aliphatic heterocycles. The lowest BCUT2D eigenvalue weighted by molar-refractivity contribution is 0.201. The van der Waals surface area contributed by atoms with Gasteiger partial charge in [-0.3, -0.25) is 0 Å². The molecular formula is C12H17N3OS. The molecule has 1 N–H and O–H groups in total. The van der Waals surface area contributed by atoms with Crippen molar-refractivity contribution < 1.29 is 5.11 Å². The summed E-state index contributed by atoms with van der Waals surface area (Å²) < 4.78 is 1.81. The maximum atomic E-state index is 10.2. The molecule has 2 aromatic rings. The van der Waals surface area contributed by atoms with Crippen LogP contribution in [-0.4, -0.2) is 19.6 Å². The van der Waals surface area contributed by atoms with Crippen molar-refractivity contribution in [3.05, 3.63) is 34.3 Å². The number of hydrogen-bond acceptors (Lipinski definition) is 4. The smallest absolute Gasteiger partial charge is 0.154 e. The van der Waals surface area contributed by atoms with E-state index in [2.05, 4.69) is 30.7 Å². The molecule has 0 spiro atoms. The van der Waals surface area contributed by atoms with Crippen molar-refractivity contribution in [1.82, 2.24) is 14.5 Å². The minimum atomic E-state index is -0.748. The molecule has 0 saturated carbocycles. The Morgan fingerprint density at radius 3 is 2.59 bits per heavy atom.